The average molecular weight is 305 g/mol. The fourth-order valence-electron chi connectivity index (χ4n) is 1.65. The molecule has 1 atom stereocenters. The Morgan fingerprint density at radius 2 is 1.72 bits per heavy atom. The molecule has 18 heavy (non-hydrogen) atoms. The molecular weight excluding hydrogens is 293 g/mol. The van der Waals surface area contributed by atoms with Crippen molar-refractivity contribution in [1.82, 2.24) is 0 Å². The van der Waals surface area contributed by atoms with Gasteiger partial charge in [-0.1, -0.05) is 34.8 Å². The first kappa shape index (κ1) is 13.6. The molecule has 0 saturated heterocycles. The summed E-state index contributed by atoms with van der Waals surface area (Å²) in [6.07, 6.45) is 0. The van der Waals surface area contributed by atoms with Crippen LogP contribution in [0.25, 0.3) is 0 Å². The number of rotatable bonds is 3. The van der Waals surface area contributed by atoms with Crippen molar-refractivity contribution in [1.29, 1.82) is 0 Å². The summed E-state index contributed by atoms with van der Waals surface area (Å²) in [4.78, 5) is 0. The molecule has 1 unspecified atom stereocenters. The highest BCUT2D eigenvalue weighted by molar-refractivity contribution is 6.41. The first-order valence-corrected chi connectivity index (χ1v) is 6.58. The summed E-state index contributed by atoms with van der Waals surface area (Å²) in [6, 6.07) is 7.10. The second-order valence-corrected chi connectivity index (χ2v) is 5.31. The van der Waals surface area contributed by atoms with E-state index < -0.39 is 0 Å². The zero-order valence-corrected chi connectivity index (χ0v) is 12.2. The van der Waals surface area contributed by atoms with Gasteiger partial charge in [0.05, 0.1) is 21.8 Å². The number of hydrogen-bond donors (Lipinski definition) is 1. The molecule has 0 spiro atoms. The van der Waals surface area contributed by atoms with Gasteiger partial charge in [0.2, 0.25) is 0 Å². The minimum absolute atomic E-state index is 0.0325. The zero-order chi connectivity index (χ0) is 13.3. The maximum atomic E-state index is 6.11. The van der Waals surface area contributed by atoms with Crippen LogP contribution in [0.2, 0.25) is 15.1 Å². The van der Waals surface area contributed by atoms with E-state index >= 15 is 0 Å². The highest BCUT2D eigenvalue weighted by Gasteiger charge is 2.14. The van der Waals surface area contributed by atoms with E-state index in [2.05, 4.69) is 5.32 Å². The van der Waals surface area contributed by atoms with E-state index in [4.69, 9.17) is 39.2 Å². The van der Waals surface area contributed by atoms with Crippen LogP contribution in [0, 0.1) is 6.92 Å². The van der Waals surface area contributed by atoms with Crippen molar-refractivity contribution in [3.05, 3.63) is 50.9 Å². The highest BCUT2D eigenvalue weighted by atomic mass is 35.5. The van der Waals surface area contributed by atoms with E-state index in [-0.39, 0.29) is 6.04 Å². The Labute approximate surface area is 121 Å². The third-order valence-electron chi connectivity index (χ3n) is 2.56. The first-order valence-electron chi connectivity index (χ1n) is 5.45. The van der Waals surface area contributed by atoms with E-state index in [0.29, 0.717) is 20.8 Å². The van der Waals surface area contributed by atoms with Gasteiger partial charge in [-0.15, -0.1) is 0 Å². The maximum absolute atomic E-state index is 6.11. The third kappa shape index (κ3) is 2.94. The number of anilines is 1. The van der Waals surface area contributed by atoms with Crippen LogP contribution in [0.5, 0.6) is 0 Å². The molecule has 5 heteroatoms. The molecular formula is C13H12Cl3NO. The summed E-state index contributed by atoms with van der Waals surface area (Å²) in [7, 11) is 0. The van der Waals surface area contributed by atoms with Gasteiger partial charge in [-0.2, -0.15) is 0 Å². The number of furan rings is 1. The van der Waals surface area contributed by atoms with Gasteiger partial charge in [0, 0.05) is 5.02 Å². The normalized spacial score (nSPS) is 12.5. The van der Waals surface area contributed by atoms with E-state index in [0.717, 1.165) is 11.5 Å². The first-order chi connectivity index (χ1) is 8.47. The van der Waals surface area contributed by atoms with Gasteiger partial charge in [0.25, 0.3) is 0 Å². The highest BCUT2D eigenvalue weighted by Crippen LogP contribution is 2.36. The van der Waals surface area contributed by atoms with Gasteiger partial charge in [0.15, 0.2) is 0 Å². The molecule has 0 aliphatic rings. The van der Waals surface area contributed by atoms with Crippen LogP contribution in [0.4, 0.5) is 5.69 Å². The number of hydrogen-bond acceptors (Lipinski definition) is 2. The maximum Gasteiger partial charge on any atom is 0.126 e. The lowest BCUT2D eigenvalue weighted by Crippen LogP contribution is -2.06. The lowest BCUT2D eigenvalue weighted by atomic mass is 10.2. The number of halogens is 3. The van der Waals surface area contributed by atoms with E-state index in [1.54, 1.807) is 12.1 Å². The van der Waals surface area contributed by atoms with Crippen molar-refractivity contribution >= 4 is 40.5 Å². The molecule has 1 aromatic carbocycles. The van der Waals surface area contributed by atoms with E-state index in [1.807, 2.05) is 26.0 Å². The summed E-state index contributed by atoms with van der Waals surface area (Å²) < 4.78 is 5.55. The van der Waals surface area contributed by atoms with Crippen LogP contribution in [0.1, 0.15) is 24.5 Å². The van der Waals surface area contributed by atoms with Crippen LogP contribution in [-0.4, -0.2) is 0 Å². The Balaban J connectivity index is 2.24. The van der Waals surface area contributed by atoms with Crippen LogP contribution in [-0.2, 0) is 0 Å². The Hall–Kier alpha value is -0.830. The van der Waals surface area contributed by atoms with Crippen LogP contribution >= 0.6 is 34.8 Å². The predicted molar refractivity (Wildman–Crippen MR) is 77.0 cm³/mol. The fourth-order valence-corrected chi connectivity index (χ4v) is 2.58. The Kier molecular flexibility index (Phi) is 4.10. The number of aryl methyl sites for hydroxylation is 1. The molecule has 0 aliphatic carbocycles. The van der Waals surface area contributed by atoms with Crippen molar-refractivity contribution in [2.45, 2.75) is 19.9 Å². The summed E-state index contributed by atoms with van der Waals surface area (Å²) in [5.41, 5.74) is 0.657. The van der Waals surface area contributed by atoms with Crippen LogP contribution in [0.15, 0.2) is 28.7 Å². The Bertz CT molecular complexity index is 542. The van der Waals surface area contributed by atoms with Gasteiger partial charge in [-0.25, -0.2) is 0 Å². The molecule has 0 saturated carbocycles. The smallest absolute Gasteiger partial charge is 0.126 e. The van der Waals surface area contributed by atoms with Crippen LogP contribution in [0.3, 0.4) is 0 Å². The number of benzene rings is 1. The molecule has 2 rings (SSSR count). The quantitative estimate of drug-likeness (QED) is 0.784. The molecule has 0 fully saturated rings. The van der Waals surface area contributed by atoms with Crippen molar-refractivity contribution < 1.29 is 4.42 Å². The van der Waals surface area contributed by atoms with Gasteiger partial charge < -0.3 is 9.73 Å². The molecule has 0 radical (unpaired) electrons. The van der Waals surface area contributed by atoms with Gasteiger partial charge in [-0.3, -0.25) is 0 Å². The standard InChI is InChI=1S/C13H12Cl3NO/c1-7-3-4-12(18-7)8(2)17-13-10(15)5-9(14)6-11(13)16/h3-6,8,17H,1-2H3. The molecule has 2 aromatic rings. The van der Waals surface area contributed by atoms with Crippen LogP contribution < -0.4 is 5.32 Å². The van der Waals surface area contributed by atoms with Crippen molar-refractivity contribution in [3.8, 4) is 0 Å². The Morgan fingerprint density at radius 3 is 2.22 bits per heavy atom. The molecule has 1 aromatic heterocycles. The monoisotopic (exact) mass is 303 g/mol. The predicted octanol–water partition coefficient (Wildman–Crippen LogP) is 5.72. The largest absolute Gasteiger partial charge is 0.464 e. The van der Waals surface area contributed by atoms with Gasteiger partial charge >= 0.3 is 0 Å². The molecule has 2 nitrogen and oxygen atoms in total. The minimum atomic E-state index is -0.0325. The topological polar surface area (TPSA) is 25.2 Å². The molecule has 0 amide bonds. The minimum Gasteiger partial charge on any atom is -0.464 e. The second kappa shape index (κ2) is 5.43. The molecule has 0 bridgehead atoms. The second-order valence-electron chi connectivity index (χ2n) is 4.06. The van der Waals surface area contributed by atoms with Gasteiger partial charge in [0.1, 0.15) is 11.5 Å². The molecule has 0 aliphatic heterocycles. The lowest BCUT2D eigenvalue weighted by molar-refractivity contribution is 0.467. The molecule has 96 valence electrons. The summed E-state index contributed by atoms with van der Waals surface area (Å²) in [5, 5.41) is 4.71. The summed E-state index contributed by atoms with van der Waals surface area (Å²) >= 11 is 18.1. The Morgan fingerprint density at radius 1 is 1.11 bits per heavy atom. The van der Waals surface area contributed by atoms with Crippen molar-refractivity contribution in [3.63, 3.8) is 0 Å². The van der Waals surface area contributed by atoms with E-state index in [1.165, 1.54) is 0 Å². The van der Waals surface area contributed by atoms with Crippen molar-refractivity contribution in [2.75, 3.05) is 5.32 Å². The third-order valence-corrected chi connectivity index (χ3v) is 3.37. The molecule has 1 heterocycles. The SMILES string of the molecule is Cc1ccc(C(C)Nc2c(Cl)cc(Cl)cc2Cl)o1. The zero-order valence-electron chi connectivity index (χ0n) is 9.93. The van der Waals surface area contributed by atoms with Gasteiger partial charge in [-0.05, 0) is 38.1 Å². The lowest BCUT2D eigenvalue weighted by Gasteiger charge is -2.16. The summed E-state index contributed by atoms with van der Waals surface area (Å²) in [5.74, 6) is 1.70. The fraction of sp³-hybridized carbons (Fsp3) is 0.231. The summed E-state index contributed by atoms with van der Waals surface area (Å²) in [6.45, 7) is 3.87. The molecule has 1 N–H and O–H groups in total. The van der Waals surface area contributed by atoms with Crippen molar-refractivity contribution in [2.24, 2.45) is 0 Å². The van der Waals surface area contributed by atoms with E-state index in [9.17, 15) is 0 Å². The number of nitrogens with one attached hydrogen (secondary N) is 1. The average Bonchev–Trinajstić information content (AvgIpc) is 2.70.